The molecule has 0 aliphatic carbocycles. The molecule has 0 aliphatic rings. The maximum Gasteiger partial charge on any atom is 0.274 e. The minimum absolute atomic E-state index is 0.0111. The lowest BCUT2D eigenvalue weighted by molar-refractivity contribution is -0.121. The van der Waals surface area contributed by atoms with Crippen LogP contribution in [0.2, 0.25) is 5.02 Å². The minimum atomic E-state index is -0.388. The Labute approximate surface area is 227 Å². The van der Waals surface area contributed by atoms with Gasteiger partial charge in [-0.25, -0.2) is 9.67 Å². The Morgan fingerprint density at radius 3 is 2.49 bits per heavy atom. The van der Waals surface area contributed by atoms with Crippen LogP contribution in [-0.4, -0.2) is 55.4 Å². The summed E-state index contributed by atoms with van der Waals surface area (Å²) in [6.07, 6.45) is 4.81. The van der Waals surface area contributed by atoms with Gasteiger partial charge in [-0.05, 0) is 42.5 Å². The average molecular weight is 543 g/mol. The van der Waals surface area contributed by atoms with Crippen LogP contribution >= 0.6 is 11.6 Å². The van der Waals surface area contributed by atoms with E-state index in [1.165, 1.54) is 15.6 Å². The summed E-state index contributed by atoms with van der Waals surface area (Å²) < 4.78 is 3.00. The zero-order valence-corrected chi connectivity index (χ0v) is 21.3. The number of amides is 3. The van der Waals surface area contributed by atoms with Gasteiger partial charge in [0.1, 0.15) is 12.2 Å². The fourth-order valence-electron chi connectivity index (χ4n) is 3.81. The SMILES string of the molecule is O=C(Cn1cc2cc(NC(=O)c3cccc(-n4cc(Cl)cn4)n3)ccc2n1)NCCNC(=O)c1ccccc1. The number of hydrogen-bond acceptors (Lipinski definition) is 6. The van der Waals surface area contributed by atoms with Gasteiger partial charge >= 0.3 is 0 Å². The molecule has 12 heteroatoms. The normalized spacial score (nSPS) is 10.8. The number of halogens is 1. The van der Waals surface area contributed by atoms with Crippen LogP contribution in [0, 0.1) is 0 Å². The highest BCUT2D eigenvalue weighted by molar-refractivity contribution is 6.30. The molecule has 0 bridgehead atoms. The van der Waals surface area contributed by atoms with E-state index in [-0.39, 0.29) is 36.5 Å². The number of aromatic nitrogens is 5. The largest absolute Gasteiger partial charge is 0.353 e. The molecule has 3 heterocycles. The smallest absolute Gasteiger partial charge is 0.274 e. The number of nitrogens with zero attached hydrogens (tertiary/aromatic N) is 5. The molecule has 2 aromatic carbocycles. The van der Waals surface area contributed by atoms with Gasteiger partial charge in [0.05, 0.1) is 22.9 Å². The first-order chi connectivity index (χ1) is 18.9. The van der Waals surface area contributed by atoms with Gasteiger partial charge < -0.3 is 16.0 Å². The van der Waals surface area contributed by atoms with E-state index in [1.807, 2.05) is 6.07 Å². The fourth-order valence-corrected chi connectivity index (χ4v) is 3.94. The molecule has 5 rings (SSSR count). The van der Waals surface area contributed by atoms with Gasteiger partial charge in [-0.3, -0.25) is 19.1 Å². The molecular formula is C27H23ClN8O3. The number of anilines is 1. The van der Waals surface area contributed by atoms with E-state index in [1.54, 1.807) is 73.1 Å². The molecule has 0 aliphatic heterocycles. The number of pyridine rings is 1. The average Bonchev–Trinajstić information content (AvgIpc) is 3.56. The zero-order valence-electron chi connectivity index (χ0n) is 20.5. The van der Waals surface area contributed by atoms with Gasteiger partial charge in [0.15, 0.2) is 5.82 Å². The van der Waals surface area contributed by atoms with Crippen molar-refractivity contribution in [2.24, 2.45) is 0 Å². The van der Waals surface area contributed by atoms with E-state index < -0.39 is 0 Å². The van der Waals surface area contributed by atoms with Crippen molar-refractivity contribution in [1.82, 2.24) is 35.2 Å². The first-order valence-electron chi connectivity index (χ1n) is 12.0. The van der Waals surface area contributed by atoms with Crippen molar-refractivity contribution in [3.8, 4) is 5.82 Å². The number of hydrogen-bond donors (Lipinski definition) is 3. The van der Waals surface area contributed by atoms with Gasteiger partial charge in [0.25, 0.3) is 11.8 Å². The van der Waals surface area contributed by atoms with Gasteiger partial charge in [-0.1, -0.05) is 35.9 Å². The van der Waals surface area contributed by atoms with Crippen LogP contribution in [0.5, 0.6) is 0 Å². The Balaban J connectivity index is 1.15. The van der Waals surface area contributed by atoms with Crippen molar-refractivity contribution < 1.29 is 14.4 Å². The standard InChI is InChI=1S/C27H23ClN8O3/c28-20-14-31-36(16-20)24-8-4-7-23(33-24)27(39)32-21-9-10-22-19(13-21)15-35(34-22)17-25(37)29-11-12-30-26(38)18-5-2-1-3-6-18/h1-10,13-16H,11-12,17H2,(H,29,37)(H,30,38)(H,32,39). The van der Waals surface area contributed by atoms with Gasteiger partial charge in [0, 0.05) is 35.9 Å². The molecule has 3 aromatic heterocycles. The third kappa shape index (κ3) is 6.46. The van der Waals surface area contributed by atoms with Crippen LogP contribution in [0.1, 0.15) is 20.8 Å². The second-order valence-electron chi connectivity index (χ2n) is 8.51. The van der Waals surface area contributed by atoms with Gasteiger partial charge in [-0.2, -0.15) is 10.2 Å². The van der Waals surface area contributed by atoms with Crippen molar-refractivity contribution in [1.29, 1.82) is 0 Å². The molecule has 3 N–H and O–H groups in total. The monoisotopic (exact) mass is 542 g/mol. The highest BCUT2D eigenvalue weighted by Gasteiger charge is 2.12. The molecule has 39 heavy (non-hydrogen) atoms. The molecule has 11 nitrogen and oxygen atoms in total. The molecule has 3 amide bonds. The summed E-state index contributed by atoms with van der Waals surface area (Å²) in [7, 11) is 0. The number of fused-ring (bicyclic) bond motifs is 1. The number of benzene rings is 2. The summed E-state index contributed by atoms with van der Waals surface area (Å²) >= 11 is 5.92. The molecule has 0 saturated heterocycles. The molecule has 0 saturated carbocycles. The summed E-state index contributed by atoms with van der Waals surface area (Å²) in [6, 6.07) is 19.2. The van der Waals surface area contributed by atoms with E-state index in [2.05, 4.69) is 31.1 Å². The van der Waals surface area contributed by atoms with Crippen molar-refractivity contribution in [3.63, 3.8) is 0 Å². The highest BCUT2D eigenvalue weighted by Crippen LogP contribution is 2.19. The predicted molar refractivity (Wildman–Crippen MR) is 146 cm³/mol. The van der Waals surface area contributed by atoms with E-state index >= 15 is 0 Å². The zero-order chi connectivity index (χ0) is 27.2. The lowest BCUT2D eigenvalue weighted by Crippen LogP contribution is -2.36. The van der Waals surface area contributed by atoms with Crippen molar-refractivity contribution in [2.75, 3.05) is 18.4 Å². The Kier molecular flexibility index (Phi) is 7.60. The quantitative estimate of drug-likeness (QED) is 0.245. The molecule has 0 fully saturated rings. The van der Waals surface area contributed by atoms with Crippen LogP contribution in [0.3, 0.4) is 0 Å². The minimum Gasteiger partial charge on any atom is -0.353 e. The molecule has 0 atom stereocenters. The third-order valence-electron chi connectivity index (χ3n) is 5.64. The second-order valence-corrected chi connectivity index (χ2v) is 8.95. The van der Waals surface area contributed by atoms with Gasteiger partial charge in [0.2, 0.25) is 5.91 Å². The van der Waals surface area contributed by atoms with Crippen molar-refractivity contribution >= 4 is 45.9 Å². The molecule has 0 spiro atoms. The molecular weight excluding hydrogens is 520 g/mol. The van der Waals surface area contributed by atoms with E-state index in [9.17, 15) is 14.4 Å². The van der Waals surface area contributed by atoms with E-state index in [0.29, 0.717) is 34.2 Å². The Morgan fingerprint density at radius 1 is 0.872 bits per heavy atom. The van der Waals surface area contributed by atoms with Crippen LogP contribution < -0.4 is 16.0 Å². The van der Waals surface area contributed by atoms with Crippen LogP contribution in [-0.2, 0) is 11.3 Å². The Morgan fingerprint density at radius 2 is 1.69 bits per heavy atom. The van der Waals surface area contributed by atoms with Crippen LogP contribution in [0.4, 0.5) is 5.69 Å². The van der Waals surface area contributed by atoms with Crippen molar-refractivity contribution in [3.05, 3.63) is 102 Å². The Hall–Kier alpha value is -5.03. The Bertz CT molecular complexity index is 1650. The molecule has 0 radical (unpaired) electrons. The second kappa shape index (κ2) is 11.6. The van der Waals surface area contributed by atoms with Crippen LogP contribution in [0.25, 0.3) is 16.7 Å². The van der Waals surface area contributed by atoms with E-state index in [4.69, 9.17) is 11.6 Å². The third-order valence-corrected chi connectivity index (χ3v) is 5.83. The number of rotatable bonds is 9. The summed E-state index contributed by atoms with van der Waals surface area (Å²) in [6.45, 7) is 0.602. The fraction of sp³-hybridized carbons (Fsp3) is 0.111. The molecule has 0 unspecified atom stereocenters. The van der Waals surface area contributed by atoms with Gasteiger partial charge in [-0.15, -0.1) is 0 Å². The first-order valence-corrected chi connectivity index (χ1v) is 12.4. The van der Waals surface area contributed by atoms with Crippen LogP contribution in [0.15, 0.2) is 85.3 Å². The molecule has 196 valence electrons. The summed E-state index contributed by atoms with van der Waals surface area (Å²) in [4.78, 5) is 41.6. The number of carbonyl (C=O) groups is 3. The number of nitrogens with one attached hydrogen (secondary N) is 3. The highest BCUT2D eigenvalue weighted by atomic mass is 35.5. The predicted octanol–water partition coefficient (Wildman–Crippen LogP) is 3.07. The lowest BCUT2D eigenvalue weighted by atomic mass is 10.2. The lowest BCUT2D eigenvalue weighted by Gasteiger charge is -2.07. The van der Waals surface area contributed by atoms with E-state index in [0.717, 1.165) is 5.39 Å². The maximum absolute atomic E-state index is 12.8. The molecule has 5 aromatic rings. The summed E-state index contributed by atoms with van der Waals surface area (Å²) in [5, 5.41) is 18.1. The summed E-state index contributed by atoms with van der Waals surface area (Å²) in [5.74, 6) is -0.365. The number of carbonyl (C=O) groups excluding carboxylic acids is 3. The topological polar surface area (TPSA) is 136 Å². The maximum atomic E-state index is 12.8. The first kappa shape index (κ1) is 25.6. The van der Waals surface area contributed by atoms with Crippen molar-refractivity contribution in [2.45, 2.75) is 6.54 Å². The summed E-state index contributed by atoms with van der Waals surface area (Å²) in [5.41, 5.74) is 2.00.